The number of allylic oxidation sites excluding steroid dienone is 3. The Morgan fingerprint density at radius 3 is 2.74 bits per heavy atom. The molecule has 2 N–H and O–H groups in total. The Labute approximate surface area is 252 Å². The predicted molar refractivity (Wildman–Crippen MR) is 165 cm³/mol. The van der Waals surface area contributed by atoms with Crippen LogP contribution in [0.25, 0.3) is 0 Å². The number of carbonyl (C=O) groups excluding carboxylic acids is 1. The molecular formula is C36H53NO5. The molecule has 1 heterocycles. The molecule has 232 valence electrons. The zero-order chi connectivity index (χ0) is 30.1. The van der Waals surface area contributed by atoms with Crippen LogP contribution in [-0.2, 0) is 21.4 Å². The zero-order valence-corrected chi connectivity index (χ0v) is 26.4. The lowest BCUT2D eigenvalue weighted by molar-refractivity contribution is -0.149. The molecule has 0 aromatic carbocycles. The summed E-state index contributed by atoms with van der Waals surface area (Å²) in [6, 6.07) is 0. The number of fused-ring (bicyclic) bond motifs is 1. The van der Waals surface area contributed by atoms with Gasteiger partial charge in [-0.15, -0.1) is 0 Å². The number of rotatable bonds is 11. The molecule has 1 aromatic rings. The normalized spacial score (nSPS) is 33.9. The van der Waals surface area contributed by atoms with Crippen LogP contribution in [0.15, 0.2) is 46.1 Å². The van der Waals surface area contributed by atoms with Gasteiger partial charge in [0.2, 0.25) is 5.89 Å². The van der Waals surface area contributed by atoms with E-state index in [1.165, 1.54) is 38.2 Å². The Hall–Kier alpha value is -2.18. The van der Waals surface area contributed by atoms with Crippen molar-refractivity contribution in [2.75, 3.05) is 0 Å². The van der Waals surface area contributed by atoms with E-state index < -0.39 is 12.2 Å². The first-order valence-corrected chi connectivity index (χ1v) is 16.6. The number of unbranched alkanes of at least 4 members (excludes halogenated alkanes) is 1. The van der Waals surface area contributed by atoms with Crippen LogP contribution in [0, 0.1) is 23.2 Å². The SMILES string of the molecule is C=C1/C(=C\C=C2/CCC[C@]3(C)[C@@H]([C@H](C)CC[C@@H](OC(C)=O)C4(c5ncc(CCCC)o5)CC4)CC[C@@H]23)C[C@H](O)C[C@@H]1O. The largest absolute Gasteiger partial charge is 0.461 e. The number of carbonyl (C=O) groups is 1. The molecule has 0 radical (unpaired) electrons. The van der Waals surface area contributed by atoms with E-state index in [1.54, 1.807) is 0 Å². The van der Waals surface area contributed by atoms with Gasteiger partial charge in [-0.3, -0.25) is 4.79 Å². The highest BCUT2D eigenvalue weighted by atomic mass is 16.5. The minimum Gasteiger partial charge on any atom is -0.461 e. The minimum atomic E-state index is -0.649. The summed E-state index contributed by atoms with van der Waals surface area (Å²) in [4.78, 5) is 16.9. The molecule has 4 aliphatic carbocycles. The summed E-state index contributed by atoms with van der Waals surface area (Å²) in [6.07, 6.45) is 18.8. The summed E-state index contributed by atoms with van der Waals surface area (Å²) in [5.74, 6) is 3.20. The predicted octanol–water partition coefficient (Wildman–Crippen LogP) is 7.54. The third-order valence-electron chi connectivity index (χ3n) is 11.3. The molecule has 1 aromatic heterocycles. The average Bonchev–Trinajstić information content (AvgIpc) is 3.46. The lowest BCUT2D eigenvalue weighted by Gasteiger charge is -2.44. The van der Waals surface area contributed by atoms with Gasteiger partial charge in [0.05, 0.1) is 23.8 Å². The summed E-state index contributed by atoms with van der Waals surface area (Å²) < 4.78 is 12.2. The van der Waals surface area contributed by atoms with Gasteiger partial charge in [-0.05, 0) is 105 Å². The van der Waals surface area contributed by atoms with Crippen molar-refractivity contribution in [3.8, 4) is 0 Å². The molecule has 0 saturated heterocycles. The van der Waals surface area contributed by atoms with E-state index in [4.69, 9.17) is 9.15 Å². The molecule has 0 amide bonds. The number of aliphatic hydroxyl groups excluding tert-OH is 2. The summed E-state index contributed by atoms with van der Waals surface area (Å²) in [5.41, 5.74) is 3.25. The van der Waals surface area contributed by atoms with Gasteiger partial charge >= 0.3 is 5.97 Å². The third-order valence-corrected chi connectivity index (χ3v) is 11.3. The molecule has 0 unspecified atom stereocenters. The molecule has 0 aliphatic heterocycles. The van der Waals surface area contributed by atoms with E-state index in [-0.39, 0.29) is 22.9 Å². The molecule has 0 spiro atoms. The van der Waals surface area contributed by atoms with Crippen molar-refractivity contribution in [1.82, 2.24) is 4.98 Å². The molecular weight excluding hydrogens is 526 g/mol. The molecule has 4 aliphatic rings. The smallest absolute Gasteiger partial charge is 0.302 e. The maximum Gasteiger partial charge on any atom is 0.302 e. The Morgan fingerprint density at radius 1 is 1.24 bits per heavy atom. The molecule has 7 atom stereocenters. The molecule has 6 nitrogen and oxygen atoms in total. The van der Waals surface area contributed by atoms with Crippen LogP contribution in [-0.4, -0.2) is 39.5 Å². The minimum absolute atomic E-state index is 0.192. The second-order valence-corrected chi connectivity index (χ2v) is 14.2. The zero-order valence-electron chi connectivity index (χ0n) is 26.4. The highest BCUT2D eigenvalue weighted by Crippen LogP contribution is 2.60. The van der Waals surface area contributed by atoms with E-state index in [1.807, 2.05) is 6.20 Å². The molecule has 5 rings (SSSR count). The monoisotopic (exact) mass is 579 g/mol. The molecule has 4 fully saturated rings. The Bertz CT molecular complexity index is 1190. The fraction of sp³-hybridized carbons (Fsp3) is 0.722. The van der Waals surface area contributed by atoms with Gasteiger partial charge in [0.15, 0.2) is 0 Å². The number of aliphatic hydroxyl groups is 2. The van der Waals surface area contributed by atoms with Crippen molar-refractivity contribution in [2.45, 2.75) is 141 Å². The van der Waals surface area contributed by atoms with Crippen molar-refractivity contribution in [3.63, 3.8) is 0 Å². The molecule has 0 bridgehead atoms. The van der Waals surface area contributed by atoms with E-state index in [0.29, 0.717) is 30.6 Å². The molecule has 42 heavy (non-hydrogen) atoms. The summed E-state index contributed by atoms with van der Waals surface area (Å²) in [6.45, 7) is 12.7. The number of hydrogen-bond acceptors (Lipinski definition) is 6. The molecule has 6 heteroatoms. The summed E-state index contributed by atoms with van der Waals surface area (Å²) in [5, 5.41) is 20.5. The second kappa shape index (κ2) is 12.8. The van der Waals surface area contributed by atoms with E-state index in [9.17, 15) is 15.0 Å². The maximum absolute atomic E-state index is 12.2. The topological polar surface area (TPSA) is 92.8 Å². The van der Waals surface area contributed by atoms with Gasteiger partial charge < -0.3 is 19.4 Å². The quantitative estimate of drug-likeness (QED) is 0.263. The maximum atomic E-state index is 12.2. The van der Waals surface area contributed by atoms with Gasteiger partial charge in [0.1, 0.15) is 11.9 Å². The van der Waals surface area contributed by atoms with Crippen LogP contribution in [0.5, 0.6) is 0 Å². The van der Waals surface area contributed by atoms with Crippen molar-refractivity contribution in [2.24, 2.45) is 23.2 Å². The van der Waals surface area contributed by atoms with Gasteiger partial charge in [0, 0.05) is 19.8 Å². The van der Waals surface area contributed by atoms with E-state index >= 15 is 0 Å². The van der Waals surface area contributed by atoms with Gasteiger partial charge in [-0.1, -0.05) is 51.5 Å². The number of hydrogen-bond donors (Lipinski definition) is 2. The lowest BCUT2D eigenvalue weighted by atomic mass is 9.60. The highest BCUT2D eigenvalue weighted by Gasteiger charge is 2.57. The van der Waals surface area contributed by atoms with Crippen LogP contribution in [0.2, 0.25) is 0 Å². The van der Waals surface area contributed by atoms with Crippen molar-refractivity contribution in [1.29, 1.82) is 0 Å². The number of oxazole rings is 1. The Kier molecular flexibility index (Phi) is 9.54. The average molecular weight is 580 g/mol. The van der Waals surface area contributed by atoms with Crippen molar-refractivity contribution < 1.29 is 24.2 Å². The molecule has 4 saturated carbocycles. The lowest BCUT2D eigenvalue weighted by Crippen LogP contribution is -2.37. The Morgan fingerprint density at radius 2 is 2.02 bits per heavy atom. The van der Waals surface area contributed by atoms with E-state index in [2.05, 4.69) is 44.5 Å². The summed E-state index contributed by atoms with van der Waals surface area (Å²) in [7, 11) is 0. The first kappa shape index (κ1) is 31.3. The number of aromatic nitrogens is 1. The fourth-order valence-corrected chi connectivity index (χ4v) is 8.76. The van der Waals surface area contributed by atoms with Gasteiger partial charge in [0.25, 0.3) is 0 Å². The third kappa shape index (κ3) is 6.36. The van der Waals surface area contributed by atoms with Crippen LogP contribution in [0.1, 0.15) is 123 Å². The number of aryl methyl sites for hydroxylation is 1. The van der Waals surface area contributed by atoms with Crippen molar-refractivity contribution in [3.05, 3.63) is 53.3 Å². The number of nitrogens with zero attached hydrogens (tertiary/aromatic N) is 1. The number of esters is 1. The standard InChI is InChI=1S/C36H53NO5/c1-6-7-10-29-22-37-34(42-29)36(18-19-36)33(41-25(4)38)16-11-23(2)30-14-15-31-26(9-8-17-35(30,31)5)12-13-27-20-28(39)21-32(40)24(27)3/h12-13,22-23,28,30-33,39-40H,3,6-11,14-21H2,1-2,4-5H3/b26-12+,27-13-/t23-,28+,30-,31+,32+,33-,35-/m1/s1. The first-order chi connectivity index (χ1) is 20.1. The Balaban J connectivity index is 1.26. The van der Waals surface area contributed by atoms with Crippen LogP contribution >= 0.6 is 0 Å². The number of ether oxygens (including phenoxy) is 1. The fourth-order valence-electron chi connectivity index (χ4n) is 8.76. The van der Waals surface area contributed by atoms with Crippen LogP contribution < -0.4 is 0 Å². The van der Waals surface area contributed by atoms with Crippen LogP contribution in [0.3, 0.4) is 0 Å². The van der Waals surface area contributed by atoms with Gasteiger partial charge in [-0.2, -0.15) is 0 Å². The van der Waals surface area contributed by atoms with Crippen molar-refractivity contribution >= 4 is 5.97 Å². The highest BCUT2D eigenvalue weighted by molar-refractivity contribution is 5.66. The van der Waals surface area contributed by atoms with E-state index in [0.717, 1.165) is 74.2 Å². The first-order valence-electron chi connectivity index (χ1n) is 16.6. The van der Waals surface area contributed by atoms with Crippen LogP contribution in [0.4, 0.5) is 0 Å². The second-order valence-electron chi connectivity index (χ2n) is 14.2. The van der Waals surface area contributed by atoms with Gasteiger partial charge in [-0.25, -0.2) is 4.98 Å². The summed E-state index contributed by atoms with van der Waals surface area (Å²) >= 11 is 0.